The summed E-state index contributed by atoms with van der Waals surface area (Å²) in [6.07, 6.45) is -4.29. The Balaban J connectivity index is 2.14. The van der Waals surface area contributed by atoms with Gasteiger partial charge in [-0.05, 0) is 15.4 Å². The summed E-state index contributed by atoms with van der Waals surface area (Å²) in [7, 11) is -3.14. The molecule has 38 heavy (non-hydrogen) atoms. The van der Waals surface area contributed by atoms with E-state index in [1.807, 2.05) is 60.7 Å². The molecule has 0 aliphatic carbocycles. The number of benzene rings is 2. The number of esters is 3. The molecule has 1 saturated heterocycles. The zero-order valence-electron chi connectivity index (χ0n) is 22.7. The van der Waals surface area contributed by atoms with Crippen molar-refractivity contribution in [2.45, 2.75) is 77.2 Å². The van der Waals surface area contributed by atoms with Gasteiger partial charge in [-0.15, -0.1) is 0 Å². The molecule has 1 fully saturated rings. The third-order valence-corrected chi connectivity index (χ3v) is 11.4. The van der Waals surface area contributed by atoms with E-state index in [1.165, 1.54) is 20.8 Å². The van der Waals surface area contributed by atoms with E-state index >= 15 is 0 Å². The molecule has 5 atom stereocenters. The number of hydrogen-bond donors (Lipinski definition) is 1. The molecule has 3 rings (SSSR count). The fourth-order valence-corrected chi connectivity index (χ4v) is 9.48. The first-order valence-electron chi connectivity index (χ1n) is 12.5. The Kier molecular flexibility index (Phi) is 9.48. The average molecular weight is 544 g/mol. The van der Waals surface area contributed by atoms with Gasteiger partial charge in [-0.2, -0.15) is 0 Å². The van der Waals surface area contributed by atoms with Crippen molar-refractivity contribution in [1.29, 1.82) is 0 Å². The smallest absolute Gasteiger partial charge is 0.303 e. The van der Waals surface area contributed by atoms with Crippen molar-refractivity contribution in [2.75, 3.05) is 6.61 Å². The van der Waals surface area contributed by atoms with Gasteiger partial charge in [-0.1, -0.05) is 81.4 Å². The van der Waals surface area contributed by atoms with E-state index in [-0.39, 0.29) is 6.61 Å². The highest BCUT2D eigenvalue weighted by Gasteiger charge is 2.56. The van der Waals surface area contributed by atoms with Gasteiger partial charge >= 0.3 is 17.9 Å². The molecule has 0 bridgehead atoms. The number of rotatable bonds is 8. The summed E-state index contributed by atoms with van der Waals surface area (Å²) in [6, 6.07) is 18.8. The van der Waals surface area contributed by atoms with Crippen LogP contribution in [0, 0.1) is 0 Å². The molecule has 0 saturated carbocycles. The van der Waals surface area contributed by atoms with Crippen LogP contribution in [0.1, 0.15) is 41.5 Å². The van der Waals surface area contributed by atoms with Crippen LogP contribution in [0.4, 0.5) is 0 Å². The third kappa shape index (κ3) is 6.50. The molecular formula is C28H37NO8Si. The first-order chi connectivity index (χ1) is 17.9. The Morgan fingerprint density at radius 1 is 0.816 bits per heavy atom. The molecule has 1 aliphatic rings. The van der Waals surface area contributed by atoms with Crippen molar-refractivity contribution >= 4 is 36.6 Å². The largest absolute Gasteiger partial charge is 0.463 e. The van der Waals surface area contributed by atoms with Crippen LogP contribution >= 0.6 is 0 Å². The predicted octanol–water partition coefficient (Wildman–Crippen LogP) is 2.04. The molecular weight excluding hydrogens is 506 g/mol. The second kappa shape index (κ2) is 12.2. The van der Waals surface area contributed by atoms with Crippen LogP contribution < -0.4 is 16.1 Å². The maximum atomic E-state index is 12.1. The van der Waals surface area contributed by atoms with E-state index in [0.29, 0.717) is 0 Å². The van der Waals surface area contributed by atoms with Crippen LogP contribution in [-0.2, 0) is 37.8 Å². The van der Waals surface area contributed by atoms with Crippen molar-refractivity contribution in [3.63, 3.8) is 0 Å². The number of carbonyl (C=O) groups excluding carboxylic acids is 3. The molecule has 1 heterocycles. The summed E-state index contributed by atoms with van der Waals surface area (Å²) in [5, 5.41) is 1.60. The van der Waals surface area contributed by atoms with Crippen LogP contribution in [0.2, 0.25) is 5.04 Å². The van der Waals surface area contributed by atoms with E-state index in [1.54, 1.807) is 0 Å². The van der Waals surface area contributed by atoms with Gasteiger partial charge in [-0.25, -0.2) is 0 Å². The highest BCUT2D eigenvalue weighted by Crippen LogP contribution is 2.39. The summed E-state index contributed by atoms with van der Waals surface area (Å²) >= 11 is 0. The van der Waals surface area contributed by atoms with Gasteiger partial charge < -0.3 is 29.1 Å². The standard InChI is InChI=1S/C28H37NO8Si/c1-18(30)33-17-23-25(34-19(2)31)26(35-20(3)32)24(29)27(36-23)37-38(28(4,5)6,21-13-9-7-10-14-21)22-15-11-8-12-16-22/h7-16,23-27H,17,29H2,1-6H3/t23-,24-,25-,26-,27+/m1/s1. The lowest BCUT2D eigenvalue weighted by Crippen LogP contribution is -2.72. The van der Waals surface area contributed by atoms with Crippen LogP contribution in [0.5, 0.6) is 0 Å². The lowest BCUT2D eigenvalue weighted by Gasteiger charge is -2.49. The van der Waals surface area contributed by atoms with Crippen molar-refractivity contribution in [3.8, 4) is 0 Å². The van der Waals surface area contributed by atoms with Gasteiger partial charge in [0, 0.05) is 20.8 Å². The Bertz CT molecular complexity index is 1070. The Morgan fingerprint density at radius 3 is 1.71 bits per heavy atom. The Morgan fingerprint density at radius 2 is 1.29 bits per heavy atom. The molecule has 9 nitrogen and oxygen atoms in total. The number of nitrogens with two attached hydrogens (primary N) is 1. The minimum Gasteiger partial charge on any atom is -0.463 e. The van der Waals surface area contributed by atoms with E-state index in [9.17, 15) is 14.4 Å². The fourth-order valence-electron chi connectivity index (χ4n) is 4.90. The van der Waals surface area contributed by atoms with E-state index in [4.69, 9.17) is 29.1 Å². The molecule has 206 valence electrons. The highest BCUT2D eigenvalue weighted by atomic mass is 28.4. The SMILES string of the molecule is CC(=O)OC[C@H]1O[C@@H](O[Si](c2ccccc2)(c2ccccc2)C(C)(C)C)[C@H](N)[C@@H](OC(C)=O)[C@@H]1OC(C)=O. The first kappa shape index (κ1) is 29.5. The van der Waals surface area contributed by atoms with E-state index in [0.717, 1.165) is 10.4 Å². The number of ether oxygens (including phenoxy) is 4. The fraction of sp³-hybridized carbons (Fsp3) is 0.464. The minimum atomic E-state index is -3.14. The molecule has 2 aromatic rings. The molecule has 1 aliphatic heterocycles. The lowest BCUT2D eigenvalue weighted by atomic mass is 9.97. The first-order valence-corrected chi connectivity index (χ1v) is 14.5. The van der Waals surface area contributed by atoms with Crippen LogP contribution in [0.15, 0.2) is 60.7 Å². The molecule has 0 spiro atoms. The molecule has 2 N–H and O–H groups in total. The second-order valence-electron chi connectivity index (χ2n) is 10.4. The zero-order chi connectivity index (χ0) is 28.1. The van der Waals surface area contributed by atoms with E-state index < -0.39 is 61.9 Å². The maximum absolute atomic E-state index is 12.1. The summed E-state index contributed by atoms with van der Waals surface area (Å²) in [5.74, 6) is -1.78. The van der Waals surface area contributed by atoms with E-state index in [2.05, 4.69) is 20.8 Å². The van der Waals surface area contributed by atoms with Crippen molar-refractivity contribution in [1.82, 2.24) is 0 Å². The summed E-state index contributed by atoms with van der Waals surface area (Å²) in [5.41, 5.74) is 6.66. The molecule has 0 unspecified atom stereocenters. The number of hydrogen-bond acceptors (Lipinski definition) is 9. The lowest BCUT2D eigenvalue weighted by molar-refractivity contribution is -0.255. The van der Waals surface area contributed by atoms with Gasteiger partial charge in [0.1, 0.15) is 12.7 Å². The molecule has 10 heteroatoms. The van der Waals surface area contributed by atoms with Gasteiger partial charge in [0.15, 0.2) is 18.5 Å². The average Bonchev–Trinajstić information content (AvgIpc) is 2.85. The quantitative estimate of drug-likeness (QED) is 0.303. The van der Waals surface area contributed by atoms with Crippen molar-refractivity contribution in [3.05, 3.63) is 60.7 Å². The molecule has 0 amide bonds. The Hall–Kier alpha value is -3.05. The third-order valence-electron chi connectivity index (χ3n) is 6.46. The van der Waals surface area contributed by atoms with Crippen LogP contribution in [0.3, 0.4) is 0 Å². The summed E-state index contributed by atoms with van der Waals surface area (Å²) in [6.45, 7) is 9.79. The molecule has 0 radical (unpaired) electrons. The van der Waals surface area contributed by atoms with Crippen LogP contribution in [0.25, 0.3) is 0 Å². The predicted molar refractivity (Wildman–Crippen MR) is 143 cm³/mol. The van der Waals surface area contributed by atoms with Crippen LogP contribution in [-0.4, -0.2) is 63.5 Å². The normalized spacial score (nSPS) is 23.8. The van der Waals surface area contributed by atoms with Gasteiger partial charge in [0.2, 0.25) is 0 Å². The summed E-state index contributed by atoms with van der Waals surface area (Å²) < 4.78 is 29.6. The topological polar surface area (TPSA) is 123 Å². The monoisotopic (exact) mass is 543 g/mol. The van der Waals surface area contributed by atoms with Gasteiger partial charge in [0.05, 0.1) is 6.04 Å². The second-order valence-corrected chi connectivity index (χ2v) is 14.6. The zero-order valence-corrected chi connectivity index (χ0v) is 23.7. The highest BCUT2D eigenvalue weighted by molar-refractivity contribution is 6.99. The van der Waals surface area contributed by atoms with Crippen molar-refractivity contribution < 1.29 is 37.8 Å². The summed E-state index contributed by atoms with van der Waals surface area (Å²) in [4.78, 5) is 35.7. The molecule has 0 aromatic heterocycles. The number of carbonyl (C=O) groups is 3. The Labute approximate surface area is 224 Å². The maximum Gasteiger partial charge on any atom is 0.303 e. The van der Waals surface area contributed by atoms with Crippen molar-refractivity contribution in [2.24, 2.45) is 5.73 Å². The van der Waals surface area contributed by atoms with Gasteiger partial charge in [0.25, 0.3) is 8.32 Å². The molecule has 2 aromatic carbocycles. The minimum absolute atomic E-state index is 0.252. The van der Waals surface area contributed by atoms with Gasteiger partial charge in [-0.3, -0.25) is 14.4 Å².